The van der Waals surface area contributed by atoms with Crippen LogP contribution in [-0.4, -0.2) is 57.8 Å². The van der Waals surface area contributed by atoms with E-state index >= 15 is 0 Å². The largest absolute Gasteiger partial charge is 0.408 e. The highest BCUT2D eigenvalue weighted by Gasteiger charge is 2.43. The Balaban J connectivity index is 1.51. The van der Waals surface area contributed by atoms with E-state index in [1.165, 1.54) is 27.7 Å². The van der Waals surface area contributed by atoms with Crippen LogP contribution in [0.25, 0.3) is 11.2 Å². The van der Waals surface area contributed by atoms with Crippen LogP contribution in [0.2, 0.25) is 10.0 Å². The number of imidazole rings is 1. The van der Waals surface area contributed by atoms with E-state index in [-0.39, 0.29) is 82.6 Å². The number of anilines is 3. The number of hydrogen-bond acceptors (Lipinski definition) is 6. The molecule has 2 amide bonds. The molecular weight excluding hydrogens is 735 g/mol. The van der Waals surface area contributed by atoms with Gasteiger partial charge in [0, 0.05) is 38.5 Å². The zero-order valence-electron chi connectivity index (χ0n) is 28.6. The maximum absolute atomic E-state index is 14.2. The van der Waals surface area contributed by atoms with Crippen LogP contribution in [0, 0.1) is 11.3 Å². The smallest absolute Gasteiger partial charge is 0.356 e. The minimum Gasteiger partial charge on any atom is -0.356 e. The Morgan fingerprint density at radius 1 is 0.962 bits per heavy atom. The van der Waals surface area contributed by atoms with Gasteiger partial charge in [0.1, 0.15) is 17.4 Å². The number of rotatable bonds is 9. The lowest BCUT2D eigenvalue weighted by Crippen LogP contribution is -2.47. The molecular formula is C35H37Cl2F6N7O2. The molecule has 1 aliphatic rings. The standard InChI is InChI=1S/C35H37Cl2F6N7O2/c1-33(2,3)31(52)44-18-20-10-11-23(36)27(26(20)37)47-32-45-24-17-22(30(51)46-25(35(41,42)43)16-19-8-6-5-7-9-19)28(48-29(24)49(32)4)50-14-12-21(13-15-50)34(38,39)40/h5-11,17,21,25H,12-16,18H2,1-4H3,(H,44,52)(H,45,47)(H,46,51). The molecule has 9 nitrogen and oxygen atoms in total. The quantitative estimate of drug-likeness (QED) is 0.148. The predicted molar refractivity (Wildman–Crippen MR) is 188 cm³/mol. The Morgan fingerprint density at radius 3 is 2.21 bits per heavy atom. The number of amides is 2. The van der Waals surface area contributed by atoms with Gasteiger partial charge in [-0.1, -0.05) is 80.4 Å². The van der Waals surface area contributed by atoms with Crippen LogP contribution >= 0.6 is 23.2 Å². The van der Waals surface area contributed by atoms with E-state index in [9.17, 15) is 35.9 Å². The molecule has 2 aromatic heterocycles. The molecule has 1 atom stereocenters. The normalized spacial score (nSPS) is 15.1. The lowest BCUT2D eigenvalue weighted by Gasteiger charge is -2.34. The molecule has 0 spiro atoms. The van der Waals surface area contributed by atoms with Crippen LogP contribution in [0.3, 0.4) is 0 Å². The van der Waals surface area contributed by atoms with Crippen molar-refractivity contribution in [2.75, 3.05) is 23.3 Å². The Bertz CT molecular complexity index is 1940. The molecule has 0 radical (unpaired) electrons. The highest BCUT2D eigenvalue weighted by molar-refractivity contribution is 6.39. The maximum atomic E-state index is 14.2. The minimum atomic E-state index is -4.82. The third-order valence-electron chi connectivity index (χ3n) is 8.84. The highest BCUT2D eigenvalue weighted by Crippen LogP contribution is 2.38. The Morgan fingerprint density at radius 2 is 1.62 bits per heavy atom. The van der Waals surface area contributed by atoms with Crippen molar-refractivity contribution < 1.29 is 35.9 Å². The Labute approximate surface area is 306 Å². The number of nitrogens with one attached hydrogen (secondary N) is 3. The summed E-state index contributed by atoms with van der Waals surface area (Å²) in [5.41, 5.74) is 0.496. The van der Waals surface area contributed by atoms with Crippen molar-refractivity contribution >= 4 is 63.6 Å². The fraction of sp³-hybridized carbons (Fsp3) is 0.429. The number of pyridine rings is 1. The van der Waals surface area contributed by atoms with Gasteiger partial charge < -0.3 is 20.9 Å². The lowest BCUT2D eigenvalue weighted by molar-refractivity contribution is -0.179. The van der Waals surface area contributed by atoms with Crippen molar-refractivity contribution in [3.05, 3.63) is 75.3 Å². The summed E-state index contributed by atoms with van der Waals surface area (Å²) >= 11 is 13.2. The van der Waals surface area contributed by atoms with Crippen LogP contribution in [0.4, 0.5) is 43.8 Å². The zero-order valence-corrected chi connectivity index (χ0v) is 30.2. The second-order valence-corrected chi connectivity index (χ2v) is 14.5. The SMILES string of the molecule is Cn1c(Nc2c(Cl)ccc(CNC(=O)C(C)(C)C)c2Cl)nc2cc(C(=O)NC(Cc3ccccc3)C(F)(F)F)c(N3CCC(C(F)(F)F)CC3)nc21. The first-order valence-electron chi connectivity index (χ1n) is 16.4. The number of piperidine rings is 1. The van der Waals surface area contributed by atoms with Crippen LogP contribution in [0.15, 0.2) is 48.5 Å². The molecule has 0 saturated carbocycles. The van der Waals surface area contributed by atoms with Crippen molar-refractivity contribution in [3.63, 3.8) is 0 Å². The molecule has 5 rings (SSSR count). The van der Waals surface area contributed by atoms with Crippen molar-refractivity contribution in [2.45, 2.75) is 65.0 Å². The summed E-state index contributed by atoms with van der Waals surface area (Å²) in [7, 11) is 1.58. The Hall–Kier alpha value is -4.24. The topological polar surface area (TPSA) is 104 Å². The summed E-state index contributed by atoms with van der Waals surface area (Å²) in [5, 5.41) is 8.36. The van der Waals surface area contributed by atoms with Gasteiger partial charge in [0.2, 0.25) is 11.9 Å². The lowest BCUT2D eigenvalue weighted by atomic mass is 9.95. The molecule has 4 aromatic rings. The summed E-state index contributed by atoms with van der Waals surface area (Å²) in [4.78, 5) is 36.8. The van der Waals surface area contributed by atoms with E-state index in [1.807, 2.05) is 0 Å². The van der Waals surface area contributed by atoms with E-state index in [2.05, 4.69) is 25.9 Å². The maximum Gasteiger partial charge on any atom is 0.408 e. The molecule has 1 aliphatic heterocycles. The number of carbonyl (C=O) groups is 2. The van der Waals surface area contributed by atoms with Crippen LogP contribution in [-0.2, 0) is 24.8 Å². The third kappa shape index (κ3) is 8.85. The molecule has 17 heteroatoms. The monoisotopic (exact) mass is 771 g/mol. The van der Waals surface area contributed by atoms with E-state index in [0.29, 0.717) is 11.1 Å². The fourth-order valence-electron chi connectivity index (χ4n) is 5.77. The van der Waals surface area contributed by atoms with Crippen molar-refractivity contribution in [1.29, 1.82) is 0 Å². The molecule has 280 valence electrons. The van der Waals surface area contributed by atoms with E-state index in [4.69, 9.17) is 23.2 Å². The molecule has 0 bridgehead atoms. The van der Waals surface area contributed by atoms with Crippen molar-refractivity contribution in [3.8, 4) is 0 Å². The second kappa shape index (κ2) is 15.0. The average molecular weight is 773 g/mol. The number of hydrogen-bond donors (Lipinski definition) is 3. The summed E-state index contributed by atoms with van der Waals surface area (Å²) < 4.78 is 84.7. The number of aryl methyl sites for hydroxylation is 1. The van der Waals surface area contributed by atoms with Crippen LogP contribution in [0.1, 0.15) is 55.1 Å². The average Bonchev–Trinajstić information content (AvgIpc) is 3.38. The van der Waals surface area contributed by atoms with E-state index < -0.39 is 42.1 Å². The van der Waals surface area contributed by atoms with Gasteiger partial charge in [0.15, 0.2) is 5.65 Å². The third-order valence-corrected chi connectivity index (χ3v) is 9.58. The first-order valence-corrected chi connectivity index (χ1v) is 17.1. The minimum absolute atomic E-state index is 0.0755. The van der Waals surface area contributed by atoms with Gasteiger partial charge in [-0.2, -0.15) is 26.3 Å². The summed E-state index contributed by atoms with van der Waals surface area (Å²) in [5.74, 6) is -2.82. The van der Waals surface area contributed by atoms with Crippen molar-refractivity contribution in [2.24, 2.45) is 18.4 Å². The first kappa shape index (κ1) is 39.0. The number of alkyl halides is 6. The van der Waals surface area contributed by atoms with Gasteiger partial charge >= 0.3 is 12.4 Å². The predicted octanol–water partition coefficient (Wildman–Crippen LogP) is 8.36. The summed E-state index contributed by atoms with van der Waals surface area (Å²) in [6.07, 6.45) is -10.4. The van der Waals surface area contributed by atoms with Gasteiger partial charge in [0.25, 0.3) is 5.91 Å². The van der Waals surface area contributed by atoms with Crippen LogP contribution in [0.5, 0.6) is 0 Å². The molecule has 1 saturated heterocycles. The molecule has 52 heavy (non-hydrogen) atoms. The van der Waals surface area contributed by atoms with Gasteiger partial charge in [-0.05, 0) is 36.1 Å². The second-order valence-electron chi connectivity index (χ2n) is 13.7. The van der Waals surface area contributed by atoms with Gasteiger partial charge in [-0.15, -0.1) is 0 Å². The summed E-state index contributed by atoms with van der Waals surface area (Å²) in [6.45, 7) is 5.13. The fourth-order valence-corrected chi connectivity index (χ4v) is 6.31. The van der Waals surface area contributed by atoms with Gasteiger partial charge in [-0.25, -0.2) is 9.97 Å². The zero-order chi connectivity index (χ0) is 38.2. The molecule has 3 N–H and O–H groups in total. The number of aromatic nitrogens is 3. The van der Waals surface area contributed by atoms with Gasteiger partial charge in [-0.3, -0.25) is 14.2 Å². The number of fused-ring (bicyclic) bond motifs is 1. The molecule has 0 aliphatic carbocycles. The number of benzene rings is 2. The van der Waals surface area contributed by atoms with Gasteiger partial charge in [0.05, 0.1) is 27.2 Å². The Kier molecular flexibility index (Phi) is 11.3. The van der Waals surface area contributed by atoms with Crippen molar-refractivity contribution in [1.82, 2.24) is 25.2 Å². The summed E-state index contributed by atoms with van der Waals surface area (Å²) in [6, 6.07) is 10.1. The molecule has 3 heterocycles. The first-order chi connectivity index (χ1) is 24.2. The highest BCUT2D eigenvalue weighted by atomic mass is 35.5. The van der Waals surface area contributed by atoms with E-state index in [1.54, 1.807) is 58.2 Å². The molecule has 1 fully saturated rings. The number of nitrogens with zero attached hydrogens (tertiary/aromatic N) is 4. The molecule has 1 unspecified atom stereocenters. The van der Waals surface area contributed by atoms with Crippen LogP contribution < -0.4 is 20.9 Å². The molecule has 2 aromatic carbocycles. The van der Waals surface area contributed by atoms with E-state index in [0.717, 1.165) is 0 Å². The number of halogens is 8. The number of carbonyl (C=O) groups excluding carboxylic acids is 2.